The first kappa shape index (κ1) is 35.1. The van der Waals surface area contributed by atoms with Gasteiger partial charge in [-0.1, -0.05) is 30.3 Å². The van der Waals surface area contributed by atoms with E-state index in [0.29, 0.717) is 6.04 Å². The van der Waals surface area contributed by atoms with Gasteiger partial charge in [-0.3, -0.25) is 9.48 Å². The van der Waals surface area contributed by atoms with Crippen LogP contribution in [0.25, 0.3) is 16.9 Å². The smallest absolute Gasteiger partial charge is 0.207 e. The maximum absolute atomic E-state index is 11.9. The second-order valence-electron chi connectivity index (χ2n) is 9.55. The van der Waals surface area contributed by atoms with Gasteiger partial charge in [-0.2, -0.15) is 22.0 Å². The zero-order valence-electron chi connectivity index (χ0n) is 25.2. The number of aryl methyl sites for hydroxylation is 1. The molecule has 2 aromatic carbocycles. The molecule has 230 valence electrons. The Kier molecular flexibility index (Phi) is 15.6. The molecule has 1 aliphatic heterocycles. The van der Waals surface area contributed by atoms with E-state index in [2.05, 4.69) is 46.7 Å². The molecule has 0 spiro atoms. The van der Waals surface area contributed by atoms with Gasteiger partial charge in [0.25, 0.3) is 0 Å². The van der Waals surface area contributed by atoms with Crippen LogP contribution in [0.15, 0.2) is 67.0 Å². The molecule has 3 heterocycles. The molecule has 0 bridgehead atoms. The Morgan fingerprint density at radius 1 is 1.09 bits per heavy atom. The molecule has 2 N–H and O–H groups in total. The number of benzene rings is 2. The van der Waals surface area contributed by atoms with Crippen LogP contribution in [-0.2, 0) is 11.8 Å². The van der Waals surface area contributed by atoms with E-state index in [9.17, 15) is 13.6 Å². The number of likely N-dealkylation sites (tertiary alicyclic amines) is 1. The van der Waals surface area contributed by atoms with Gasteiger partial charge in [-0.15, -0.1) is 12.8 Å². The zero-order chi connectivity index (χ0) is 31.6. The summed E-state index contributed by atoms with van der Waals surface area (Å²) < 4.78 is 27.6. The second kappa shape index (κ2) is 19.1. The van der Waals surface area contributed by atoms with Crippen molar-refractivity contribution in [1.29, 1.82) is 0 Å². The summed E-state index contributed by atoms with van der Waals surface area (Å²) in [6.45, 7) is 5.42. The molecule has 2 aromatic heterocycles. The quantitative estimate of drug-likeness (QED) is 0.150. The van der Waals surface area contributed by atoms with Crippen LogP contribution in [0.1, 0.15) is 18.4 Å². The Morgan fingerprint density at radius 2 is 1.74 bits per heavy atom. The number of amides is 1. The van der Waals surface area contributed by atoms with E-state index in [-0.39, 0.29) is 0 Å². The summed E-state index contributed by atoms with van der Waals surface area (Å²) in [6, 6.07) is 15.5. The summed E-state index contributed by atoms with van der Waals surface area (Å²) in [5, 5.41) is 15.0. The predicted molar refractivity (Wildman–Crippen MR) is 173 cm³/mol. The summed E-state index contributed by atoms with van der Waals surface area (Å²) in [4.78, 5) is 12.6. The van der Waals surface area contributed by atoms with Crippen molar-refractivity contribution in [1.82, 2.24) is 29.8 Å². The van der Waals surface area contributed by atoms with Crippen molar-refractivity contribution >= 4 is 24.0 Å². The van der Waals surface area contributed by atoms with Crippen LogP contribution in [-0.4, -0.2) is 75.6 Å². The van der Waals surface area contributed by atoms with E-state index in [1.54, 1.807) is 4.68 Å². The number of aromatic nitrogens is 4. The molecule has 0 unspecified atom stereocenters. The third-order valence-corrected chi connectivity index (χ3v) is 7.26. The molecule has 1 saturated heterocycles. The fourth-order valence-corrected chi connectivity index (χ4v) is 4.92. The summed E-state index contributed by atoms with van der Waals surface area (Å²) in [6.07, 6.45) is 17.1. The molecule has 0 saturated carbocycles. The van der Waals surface area contributed by atoms with Crippen molar-refractivity contribution in [3.05, 3.63) is 84.2 Å². The minimum Gasteiger partial charge on any atom is -0.373 e. The van der Waals surface area contributed by atoms with Crippen molar-refractivity contribution < 1.29 is 13.6 Å². The van der Waals surface area contributed by atoms with Gasteiger partial charge in [0.1, 0.15) is 11.5 Å². The van der Waals surface area contributed by atoms with Crippen LogP contribution in [0.3, 0.4) is 0 Å². The van der Waals surface area contributed by atoms with Gasteiger partial charge in [0, 0.05) is 50.6 Å². The lowest BCUT2D eigenvalue weighted by Gasteiger charge is -2.14. The number of halogens is 2. The van der Waals surface area contributed by atoms with Crippen LogP contribution in [0, 0.1) is 31.4 Å². The number of hydrogen-bond donors (Lipinski definition) is 2. The van der Waals surface area contributed by atoms with Crippen molar-refractivity contribution in [3.63, 3.8) is 0 Å². The first-order valence-corrected chi connectivity index (χ1v) is 15.2. The van der Waals surface area contributed by atoms with Gasteiger partial charge in [-0.05, 0) is 62.6 Å². The van der Waals surface area contributed by atoms with E-state index >= 15 is 0 Å². The van der Waals surface area contributed by atoms with E-state index in [1.165, 1.54) is 30.9 Å². The maximum Gasteiger partial charge on any atom is 0.207 e. The Labute approximate surface area is 257 Å². The fourth-order valence-electron chi connectivity index (χ4n) is 4.50. The summed E-state index contributed by atoms with van der Waals surface area (Å²) >= 11 is 1.90. The van der Waals surface area contributed by atoms with E-state index in [0.717, 1.165) is 66.4 Å². The van der Waals surface area contributed by atoms with Gasteiger partial charge in [0.2, 0.25) is 6.41 Å². The van der Waals surface area contributed by atoms with Crippen molar-refractivity contribution in [2.75, 3.05) is 44.0 Å². The minimum absolute atomic E-state index is 0.395. The number of para-hydroxylation sites is 1. The SMILES string of the molecule is C#C.CNc1c(C)c(-c2cnn(C)c2)nn1-c1ccccc1.CSCCCN1CC[C@H](NC=O)C1.Fc1ccccc1F. The lowest BCUT2D eigenvalue weighted by atomic mass is 10.1. The molecule has 0 radical (unpaired) electrons. The topological polar surface area (TPSA) is 80.0 Å². The Balaban J connectivity index is 0.000000241. The van der Waals surface area contributed by atoms with Gasteiger partial charge < -0.3 is 15.5 Å². The lowest BCUT2D eigenvalue weighted by Crippen LogP contribution is -2.31. The minimum atomic E-state index is -0.799. The normalized spacial score (nSPS) is 13.8. The van der Waals surface area contributed by atoms with Gasteiger partial charge in [0.05, 0.1) is 11.9 Å². The third kappa shape index (κ3) is 10.9. The summed E-state index contributed by atoms with van der Waals surface area (Å²) in [5.74, 6) is 0.637. The number of rotatable bonds is 9. The average Bonchev–Trinajstić information content (AvgIpc) is 3.75. The largest absolute Gasteiger partial charge is 0.373 e. The standard InChI is InChI=1S/C15H17N5.C9H18N2OS.C6H4F2.C2H2/c1-11-14(12-9-17-19(3)10-12)18-20(15(11)16-2)13-7-5-4-6-8-13;1-13-6-2-4-11-5-3-9(7-11)10-8-12;7-5-3-1-2-4-6(5)8;1-2/h4-10,16H,1-3H3;8-9H,2-7H2,1H3,(H,10,12);1-4H;1-2H/t;9-;;/m.0../s1. The number of nitrogens with zero attached hydrogens (tertiary/aromatic N) is 5. The van der Waals surface area contributed by atoms with Crippen LogP contribution >= 0.6 is 11.8 Å². The number of carbonyl (C=O) groups is 1. The van der Waals surface area contributed by atoms with Gasteiger partial charge in [0.15, 0.2) is 11.6 Å². The lowest BCUT2D eigenvalue weighted by molar-refractivity contribution is -0.110. The highest BCUT2D eigenvalue weighted by atomic mass is 32.2. The Bertz CT molecular complexity index is 1370. The van der Waals surface area contributed by atoms with Crippen LogP contribution in [0.2, 0.25) is 0 Å². The van der Waals surface area contributed by atoms with Crippen LogP contribution < -0.4 is 10.6 Å². The van der Waals surface area contributed by atoms with Crippen LogP contribution in [0.4, 0.5) is 14.6 Å². The maximum atomic E-state index is 11.9. The molecule has 1 amide bonds. The molecular formula is C32H41F2N7OS. The highest BCUT2D eigenvalue weighted by Crippen LogP contribution is 2.29. The first-order chi connectivity index (χ1) is 20.9. The average molecular weight is 610 g/mol. The molecule has 8 nitrogen and oxygen atoms in total. The van der Waals surface area contributed by atoms with E-state index < -0.39 is 11.6 Å². The van der Waals surface area contributed by atoms with Crippen molar-refractivity contribution in [3.8, 4) is 29.8 Å². The predicted octanol–water partition coefficient (Wildman–Crippen LogP) is 5.40. The molecule has 11 heteroatoms. The summed E-state index contributed by atoms with van der Waals surface area (Å²) in [5.41, 5.74) is 4.13. The molecule has 1 atom stereocenters. The molecule has 1 fully saturated rings. The summed E-state index contributed by atoms with van der Waals surface area (Å²) in [7, 11) is 3.82. The van der Waals surface area contributed by atoms with E-state index in [4.69, 9.17) is 5.10 Å². The van der Waals surface area contributed by atoms with Crippen LogP contribution in [0.5, 0.6) is 0 Å². The number of hydrogen-bond acceptors (Lipinski definition) is 6. The highest BCUT2D eigenvalue weighted by molar-refractivity contribution is 7.98. The molecule has 1 aliphatic rings. The molecule has 43 heavy (non-hydrogen) atoms. The molecular weight excluding hydrogens is 568 g/mol. The first-order valence-electron chi connectivity index (χ1n) is 13.8. The number of thioether (sulfide) groups is 1. The van der Waals surface area contributed by atoms with Gasteiger partial charge >= 0.3 is 0 Å². The number of nitrogens with one attached hydrogen (secondary N) is 2. The zero-order valence-corrected chi connectivity index (χ0v) is 26.0. The Morgan fingerprint density at radius 3 is 2.28 bits per heavy atom. The fraction of sp³-hybridized carbons (Fsp3) is 0.344. The highest BCUT2D eigenvalue weighted by Gasteiger charge is 2.20. The Hall–Kier alpha value is -4.14. The third-order valence-electron chi connectivity index (χ3n) is 6.56. The number of terminal acetylenes is 1. The molecule has 4 aromatic rings. The van der Waals surface area contributed by atoms with Crippen molar-refractivity contribution in [2.45, 2.75) is 25.8 Å². The van der Waals surface area contributed by atoms with E-state index in [1.807, 2.05) is 73.3 Å². The molecule has 0 aliphatic carbocycles. The van der Waals surface area contributed by atoms with Crippen molar-refractivity contribution in [2.24, 2.45) is 7.05 Å². The number of anilines is 1. The second-order valence-corrected chi connectivity index (χ2v) is 10.5. The molecule has 5 rings (SSSR count). The number of carbonyl (C=O) groups excluding carboxylic acids is 1. The van der Waals surface area contributed by atoms with Gasteiger partial charge in [-0.25, -0.2) is 13.5 Å². The monoisotopic (exact) mass is 609 g/mol.